The average molecular weight is 384 g/mol. The Labute approximate surface area is 162 Å². The molecule has 1 heterocycles. The second-order valence-electron chi connectivity index (χ2n) is 6.46. The van der Waals surface area contributed by atoms with Crippen LogP contribution in [0, 0.1) is 12.7 Å². The number of hydrogen-bond donors (Lipinski definition) is 1. The molecule has 0 fully saturated rings. The van der Waals surface area contributed by atoms with E-state index in [1.54, 1.807) is 18.2 Å². The van der Waals surface area contributed by atoms with Gasteiger partial charge in [0, 0.05) is 11.7 Å². The zero-order valence-corrected chi connectivity index (χ0v) is 16.3. The number of nitrogens with zero attached hydrogens (tertiary/aromatic N) is 3. The van der Waals surface area contributed by atoms with Crippen molar-refractivity contribution < 1.29 is 9.18 Å². The predicted molar refractivity (Wildman–Crippen MR) is 106 cm³/mol. The normalized spacial score (nSPS) is 11.0. The molecular weight excluding hydrogens is 363 g/mol. The van der Waals surface area contributed by atoms with E-state index in [1.165, 1.54) is 17.8 Å². The van der Waals surface area contributed by atoms with Crippen molar-refractivity contribution in [3.05, 3.63) is 59.9 Å². The smallest absolute Gasteiger partial charge is 0.234 e. The molecule has 0 radical (unpaired) electrons. The average Bonchev–Trinajstić information content (AvgIpc) is 3.04. The van der Waals surface area contributed by atoms with Crippen LogP contribution in [-0.2, 0) is 4.79 Å². The van der Waals surface area contributed by atoms with Crippen LogP contribution < -0.4 is 5.32 Å². The predicted octanol–water partition coefficient (Wildman–Crippen LogP) is 4.70. The molecule has 2 aromatic carbocycles. The van der Waals surface area contributed by atoms with Gasteiger partial charge >= 0.3 is 0 Å². The van der Waals surface area contributed by atoms with Crippen LogP contribution in [0.25, 0.3) is 11.4 Å². The molecular formula is C20H21FN4OS. The van der Waals surface area contributed by atoms with Crippen LogP contribution in [0.4, 0.5) is 10.1 Å². The quantitative estimate of drug-likeness (QED) is 0.626. The molecule has 0 aliphatic rings. The summed E-state index contributed by atoms with van der Waals surface area (Å²) in [6, 6.07) is 14.1. The van der Waals surface area contributed by atoms with E-state index in [0.717, 1.165) is 11.3 Å². The van der Waals surface area contributed by atoms with Gasteiger partial charge in [-0.3, -0.25) is 9.36 Å². The van der Waals surface area contributed by atoms with Gasteiger partial charge in [-0.2, -0.15) is 0 Å². The summed E-state index contributed by atoms with van der Waals surface area (Å²) in [5, 5.41) is 11.8. The number of carbonyl (C=O) groups is 1. The third kappa shape index (κ3) is 4.54. The first kappa shape index (κ1) is 19.1. The molecule has 0 spiro atoms. The van der Waals surface area contributed by atoms with Gasteiger partial charge < -0.3 is 5.32 Å². The summed E-state index contributed by atoms with van der Waals surface area (Å²) in [7, 11) is 0. The van der Waals surface area contributed by atoms with Crippen LogP contribution in [0.5, 0.6) is 0 Å². The lowest BCUT2D eigenvalue weighted by Gasteiger charge is -2.14. The van der Waals surface area contributed by atoms with Gasteiger partial charge in [0.15, 0.2) is 11.0 Å². The number of aromatic nitrogens is 3. The lowest BCUT2D eigenvalue weighted by Crippen LogP contribution is -2.15. The molecule has 1 N–H and O–H groups in total. The van der Waals surface area contributed by atoms with Crippen LogP contribution in [0.3, 0.4) is 0 Å². The molecule has 3 aromatic rings. The zero-order chi connectivity index (χ0) is 19.4. The minimum atomic E-state index is -0.347. The second-order valence-corrected chi connectivity index (χ2v) is 7.40. The van der Waals surface area contributed by atoms with E-state index in [4.69, 9.17) is 0 Å². The number of hydrogen-bond acceptors (Lipinski definition) is 4. The van der Waals surface area contributed by atoms with Crippen LogP contribution in [0.1, 0.15) is 25.5 Å². The van der Waals surface area contributed by atoms with Crippen molar-refractivity contribution in [3.8, 4) is 11.4 Å². The molecule has 0 unspecified atom stereocenters. The Morgan fingerprint density at radius 1 is 1.19 bits per heavy atom. The number of benzene rings is 2. The molecule has 0 saturated carbocycles. The van der Waals surface area contributed by atoms with Crippen molar-refractivity contribution >= 4 is 23.4 Å². The first-order chi connectivity index (χ1) is 13.0. The fraction of sp³-hybridized carbons (Fsp3) is 0.250. The van der Waals surface area contributed by atoms with E-state index in [1.807, 2.05) is 49.6 Å². The Bertz CT molecular complexity index is 955. The number of rotatable bonds is 6. The molecule has 0 aliphatic carbocycles. The Morgan fingerprint density at radius 3 is 2.67 bits per heavy atom. The molecule has 1 aromatic heterocycles. The Kier molecular flexibility index (Phi) is 5.91. The molecule has 0 aliphatic heterocycles. The highest BCUT2D eigenvalue weighted by Crippen LogP contribution is 2.29. The van der Waals surface area contributed by atoms with Gasteiger partial charge in [-0.25, -0.2) is 4.39 Å². The van der Waals surface area contributed by atoms with Crippen LogP contribution >= 0.6 is 11.8 Å². The van der Waals surface area contributed by atoms with Crippen LogP contribution in [0.15, 0.2) is 53.7 Å². The molecule has 5 nitrogen and oxygen atoms in total. The monoisotopic (exact) mass is 384 g/mol. The lowest BCUT2D eigenvalue weighted by atomic mass is 10.2. The summed E-state index contributed by atoms with van der Waals surface area (Å²) >= 11 is 1.28. The topological polar surface area (TPSA) is 59.8 Å². The van der Waals surface area contributed by atoms with Gasteiger partial charge in [0.1, 0.15) is 5.82 Å². The summed E-state index contributed by atoms with van der Waals surface area (Å²) in [6.45, 7) is 5.93. The van der Waals surface area contributed by atoms with Gasteiger partial charge in [-0.15, -0.1) is 10.2 Å². The summed E-state index contributed by atoms with van der Waals surface area (Å²) in [4.78, 5) is 12.3. The molecule has 3 rings (SSSR count). The first-order valence-electron chi connectivity index (χ1n) is 8.65. The Hall–Kier alpha value is -2.67. The summed E-state index contributed by atoms with van der Waals surface area (Å²) in [5.74, 6) is 0.178. The lowest BCUT2D eigenvalue weighted by molar-refractivity contribution is -0.113. The Morgan fingerprint density at radius 2 is 1.96 bits per heavy atom. The third-order valence-corrected chi connectivity index (χ3v) is 4.87. The summed E-state index contributed by atoms with van der Waals surface area (Å²) in [6.07, 6.45) is 0. The number of nitrogens with one attached hydrogen (secondary N) is 1. The maximum atomic E-state index is 14.2. The van der Waals surface area contributed by atoms with Crippen LogP contribution in [0.2, 0.25) is 0 Å². The standard InChI is InChI=1S/C20H21FN4OS/c1-13(2)25-19(16-9-4-5-10-17(16)21)23-24-20(25)27-12-18(26)22-15-8-6-7-14(3)11-15/h4-11,13H,12H2,1-3H3,(H,22,26). The largest absolute Gasteiger partial charge is 0.325 e. The Balaban J connectivity index is 1.75. The fourth-order valence-corrected chi connectivity index (χ4v) is 3.58. The summed E-state index contributed by atoms with van der Waals surface area (Å²) in [5.41, 5.74) is 2.24. The van der Waals surface area contributed by atoms with Gasteiger partial charge in [-0.1, -0.05) is 36.0 Å². The SMILES string of the molecule is Cc1cccc(NC(=O)CSc2nnc(-c3ccccc3F)n2C(C)C)c1. The van der Waals surface area contributed by atoms with Crippen LogP contribution in [-0.4, -0.2) is 26.4 Å². The van der Waals surface area contributed by atoms with Gasteiger partial charge in [0.25, 0.3) is 0 Å². The summed E-state index contributed by atoms with van der Waals surface area (Å²) < 4.78 is 16.0. The fourth-order valence-electron chi connectivity index (χ4n) is 2.72. The van der Waals surface area contributed by atoms with Gasteiger partial charge in [0.2, 0.25) is 5.91 Å². The molecule has 7 heteroatoms. The van der Waals surface area contributed by atoms with Crippen molar-refractivity contribution in [2.24, 2.45) is 0 Å². The number of anilines is 1. The molecule has 0 atom stereocenters. The van der Waals surface area contributed by atoms with E-state index < -0.39 is 0 Å². The van der Waals surface area contributed by atoms with E-state index >= 15 is 0 Å². The highest BCUT2D eigenvalue weighted by Gasteiger charge is 2.19. The maximum Gasteiger partial charge on any atom is 0.234 e. The maximum absolute atomic E-state index is 14.2. The van der Waals surface area contributed by atoms with Crippen molar-refractivity contribution in [2.45, 2.75) is 32.0 Å². The first-order valence-corrected chi connectivity index (χ1v) is 9.63. The highest BCUT2D eigenvalue weighted by molar-refractivity contribution is 7.99. The van der Waals surface area contributed by atoms with Crippen molar-refractivity contribution in [1.82, 2.24) is 14.8 Å². The van der Waals surface area contributed by atoms with Crippen molar-refractivity contribution in [3.63, 3.8) is 0 Å². The van der Waals surface area contributed by atoms with Crippen molar-refractivity contribution in [2.75, 3.05) is 11.1 Å². The van der Waals surface area contributed by atoms with Gasteiger partial charge in [0.05, 0.1) is 11.3 Å². The number of amides is 1. The van der Waals surface area contributed by atoms with E-state index in [0.29, 0.717) is 16.5 Å². The molecule has 0 saturated heterocycles. The minimum absolute atomic E-state index is 0.0249. The molecule has 1 amide bonds. The number of carbonyl (C=O) groups excluding carboxylic acids is 1. The van der Waals surface area contributed by atoms with E-state index in [2.05, 4.69) is 15.5 Å². The number of thioether (sulfide) groups is 1. The zero-order valence-electron chi connectivity index (χ0n) is 15.4. The second kappa shape index (κ2) is 8.35. The molecule has 140 valence electrons. The minimum Gasteiger partial charge on any atom is -0.325 e. The van der Waals surface area contributed by atoms with E-state index in [9.17, 15) is 9.18 Å². The van der Waals surface area contributed by atoms with Crippen molar-refractivity contribution in [1.29, 1.82) is 0 Å². The van der Waals surface area contributed by atoms with Gasteiger partial charge in [-0.05, 0) is 50.6 Å². The van der Waals surface area contributed by atoms with E-state index in [-0.39, 0.29) is 23.5 Å². The molecule has 0 bridgehead atoms. The number of aryl methyl sites for hydroxylation is 1. The number of halogens is 1. The highest BCUT2D eigenvalue weighted by atomic mass is 32.2. The third-order valence-electron chi connectivity index (χ3n) is 3.93. The molecule has 27 heavy (non-hydrogen) atoms.